The van der Waals surface area contributed by atoms with Crippen molar-refractivity contribution >= 4 is 35.1 Å². The molecule has 0 unspecified atom stereocenters. The van der Waals surface area contributed by atoms with Crippen molar-refractivity contribution in [1.29, 1.82) is 0 Å². The van der Waals surface area contributed by atoms with Crippen molar-refractivity contribution < 1.29 is 9.21 Å². The Kier molecular flexibility index (Phi) is 7.22. The van der Waals surface area contributed by atoms with Crippen molar-refractivity contribution in [3.63, 3.8) is 0 Å². The molecular weight excluding hydrogens is 474 g/mol. The van der Waals surface area contributed by atoms with E-state index in [-0.39, 0.29) is 12.1 Å². The molecule has 4 aromatic rings. The fourth-order valence-electron chi connectivity index (χ4n) is 4.27. The van der Waals surface area contributed by atoms with Crippen molar-refractivity contribution in [1.82, 2.24) is 25.5 Å². The number of aryl methyl sites for hydroxylation is 2. The number of aromatic amines is 1. The average molecular weight is 504 g/mol. The first-order chi connectivity index (χ1) is 17.5. The highest BCUT2D eigenvalue weighted by molar-refractivity contribution is 7.99. The second-order valence-corrected chi connectivity index (χ2v) is 9.97. The lowest BCUT2D eigenvalue weighted by Gasteiger charge is -2.23. The number of benzene rings is 1. The standard InChI is InChI=1S/C26H29N7O2S/c1-16-13-19(29-25(34)28-18-7-4-3-5-8-18)10-11-22(16)36-26-27-17(2)14-23(31-26)30-24-15-20(32-33-24)21-9-6-12-35-21/h6,9-15,18H,3-5,7-8H2,1-2H3,(H2,28,29,34)(H2,27,30,31,32,33). The zero-order valence-corrected chi connectivity index (χ0v) is 21.1. The average Bonchev–Trinajstić information content (AvgIpc) is 3.53. The van der Waals surface area contributed by atoms with Crippen LogP contribution in [0.4, 0.5) is 22.1 Å². The number of amides is 2. The summed E-state index contributed by atoms with van der Waals surface area (Å²) in [6.45, 7) is 3.95. The van der Waals surface area contributed by atoms with Gasteiger partial charge >= 0.3 is 6.03 Å². The number of carbonyl (C=O) groups excluding carboxylic acids is 1. The van der Waals surface area contributed by atoms with Crippen molar-refractivity contribution in [3.8, 4) is 11.5 Å². The molecule has 0 bridgehead atoms. The van der Waals surface area contributed by atoms with Crippen LogP contribution in [0.15, 0.2) is 63.2 Å². The van der Waals surface area contributed by atoms with Crippen LogP contribution in [0.25, 0.3) is 11.5 Å². The van der Waals surface area contributed by atoms with E-state index in [1.54, 1.807) is 6.26 Å². The smallest absolute Gasteiger partial charge is 0.319 e. The molecule has 186 valence electrons. The summed E-state index contributed by atoms with van der Waals surface area (Å²) in [6, 6.07) is 13.4. The normalized spacial score (nSPS) is 13.9. The summed E-state index contributed by atoms with van der Waals surface area (Å²) in [7, 11) is 0. The number of hydrogen-bond donors (Lipinski definition) is 4. The molecule has 1 fully saturated rings. The van der Waals surface area contributed by atoms with Crippen molar-refractivity contribution in [2.75, 3.05) is 10.6 Å². The summed E-state index contributed by atoms with van der Waals surface area (Å²) in [5.74, 6) is 2.00. The summed E-state index contributed by atoms with van der Waals surface area (Å²) < 4.78 is 5.41. The first kappa shape index (κ1) is 23.9. The quantitative estimate of drug-likeness (QED) is 0.215. The second kappa shape index (κ2) is 10.9. The van der Waals surface area contributed by atoms with Crippen molar-refractivity contribution in [2.45, 2.75) is 62.0 Å². The number of H-pyrrole nitrogens is 1. The fraction of sp³-hybridized carbons (Fsp3) is 0.308. The van der Waals surface area contributed by atoms with Crippen LogP contribution in [0.1, 0.15) is 43.4 Å². The molecule has 5 rings (SSSR count). The van der Waals surface area contributed by atoms with Gasteiger partial charge in [0.1, 0.15) is 11.5 Å². The van der Waals surface area contributed by atoms with Crippen LogP contribution < -0.4 is 16.0 Å². The minimum atomic E-state index is -0.145. The Balaban J connectivity index is 1.23. The first-order valence-electron chi connectivity index (χ1n) is 12.1. The molecule has 1 aliphatic carbocycles. The van der Waals surface area contributed by atoms with E-state index in [9.17, 15) is 4.79 Å². The van der Waals surface area contributed by atoms with Gasteiger partial charge in [-0.05, 0) is 74.3 Å². The summed E-state index contributed by atoms with van der Waals surface area (Å²) in [4.78, 5) is 22.7. The molecule has 0 radical (unpaired) electrons. The van der Waals surface area contributed by atoms with Crippen LogP contribution in [0.5, 0.6) is 0 Å². The van der Waals surface area contributed by atoms with Crippen LogP contribution >= 0.6 is 11.8 Å². The molecule has 1 saturated carbocycles. The number of nitrogens with one attached hydrogen (secondary N) is 4. The maximum absolute atomic E-state index is 12.4. The number of nitrogens with zero attached hydrogens (tertiary/aromatic N) is 3. The van der Waals surface area contributed by atoms with E-state index in [4.69, 9.17) is 4.42 Å². The van der Waals surface area contributed by atoms with Gasteiger partial charge < -0.3 is 20.4 Å². The lowest BCUT2D eigenvalue weighted by atomic mass is 9.96. The highest BCUT2D eigenvalue weighted by Gasteiger charge is 2.16. The topological polar surface area (TPSA) is 121 Å². The van der Waals surface area contributed by atoms with E-state index < -0.39 is 0 Å². The number of anilines is 3. The molecular formula is C26H29N7O2S. The van der Waals surface area contributed by atoms with E-state index in [1.165, 1.54) is 31.0 Å². The number of carbonyl (C=O) groups is 1. The molecule has 36 heavy (non-hydrogen) atoms. The highest BCUT2D eigenvalue weighted by atomic mass is 32.2. The maximum atomic E-state index is 12.4. The first-order valence-corrected chi connectivity index (χ1v) is 12.9. The Morgan fingerprint density at radius 1 is 1.06 bits per heavy atom. The van der Waals surface area contributed by atoms with Gasteiger partial charge in [-0.1, -0.05) is 19.3 Å². The second-order valence-electron chi connectivity index (χ2n) is 8.96. The molecule has 3 heterocycles. The predicted octanol–water partition coefficient (Wildman–Crippen LogP) is 6.43. The third-order valence-electron chi connectivity index (χ3n) is 6.03. The summed E-state index contributed by atoms with van der Waals surface area (Å²) >= 11 is 1.48. The maximum Gasteiger partial charge on any atom is 0.319 e. The molecule has 0 atom stereocenters. The van der Waals surface area contributed by atoms with Crippen molar-refractivity contribution in [3.05, 3.63) is 60.0 Å². The van der Waals surface area contributed by atoms with E-state index >= 15 is 0 Å². The molecule has 1 aromatic carbocycles. The Labute approximate surface area is 213 Å². The number of rotatable bonds is 7. The lowest BCUT2D eigenvalue weighted by Crippen LogP contribution is -2.39. The summed E-state index contributed by atoms with van der Waals surface area (Å²) in [5, 5.41) is 17.2. The molecule has 0 saturated heterocycles. The van der Waals surface area contributed by atoms with Gasteiger partial charge in [0.15, 0.2) is 16.7 Å². The molecule has 1 aliphatic rings. The largest absolute Gasteiger partial charge is 0.463 e. The van der Waals surface area contributed by atoms with Gasteiger partial charge in [-0.25, -0.2) is 14.8 Å². The Hall–Kier alpha value is -3.79. The fourth-order valence-corrected chi connectivity index (χ4v) is 5.15. The number of aromatic nitrogens is 4. The summed E-state index contributed by atoms with van der Waals surface area (Å²) in [6.07, 6.45) is 7.36. The Morgan fingerprint density at radius 2 is 1.92 bits per heavy atom. The molecule has 2 amide bonds. The zero-order valence-electron chi connectivity index (χ0n) is 20.3. The van der Waals surface area contributed by atoms with Gasteiger partial charge in [-0.15, -0.1) is 0 Å². The van der Waals surface area contributed by atoms with E-state index in [0.29, 0.717) is 22.6 Å². The van der Waals surface area contributed by atoms with Gasteiger partial charge in [0.25, 0.3) is 0 Å². The van der Waals surface area contributed by atoms with Crippen molar-refractivity contribution in [2.24, 2.45) is 0 Å². The molecule has 0 aliphatic heterocycles. The molecule has 3 aromatic heterocycles. The lowest BCUT2D eigenvalue weighted by molar-refractivity contribution is 0.244. The van der Waals surface area contributed by atoms with Crippen LogP contribution in [0.2, 0.25) is 0 Å². The van der Waals surface area contributed by atoms with Crippen LogP contribution in [-0.2, 0) is 0 Å². The van der Waals surface area contributed by atoms with Crippen LogP contribution in [0, 0.1) is 13.8 Å². The molecule has 4 N–H and O–H groups in total. The number of hydrogen-bond acceptors (Lipinski definition) is 7. The minimum absolute atomic E-state index is 0.145. The van der Waals surface area contributed by atoms with Crippen LogP contribution in [-0.4, -0.2) is 32.2 Å². The third-order valence-corrected chi connectivity index (χ3v) is 7.07. The van der Waals surface area contributed by atoms with Gasteiger partial charge in [0.05, 0.1) is 6.26 Å². The molecule has 9 nitrogen and oxygen atoms in total. The Morgan fingerprint density at radius 3 is 2.69 bits per heavy atom. The predicted molar refractivity (Wildman–Crippen MR) is 141 cm³/mol. The number of furan rings is 1. The van der Waals surface area contributed by atoms with Gasteiger partial charge in [0.2, 0.25) is 0 Å². The van der Waals surface area contributed by atoms with E-state index in [0.717, 1.165) is 40.4 Å². The third kappa shape index (κ3) is 6.06. The van der Waals surface area contributed by atoms with Gasteiger partial charge in [-0.3, -0.25) is 5.10 Å². The molecule has 0 spiro atoms. The number of urea groups is 1. The minimum Gasteiger partial charge on any atom is -0.463 e. The highest BCUT2D eigenvalue weighted by Crippen LogP contribution is 2.31. The zero-order chi connectivity index (χ0) is 24.9. The van der Waals surface area contributed by atoms with E-state index in [2.05, 4.69) is 36.1 Å². The Bertz CT molecular complexity index is 1330. The van der Waals surface area contributed by atoms with Crippen LogP contribution in [0.3, 0.4) is 0 Å². The summed E-state index contributed by atoms with van der Waals surface area (Å²) in [5.41, 5.74) is 3.42. The SMILES string of the molecule is Cc1cc(Nc2cc(-c3ccco3)[nH]n2)nc(Sc2ccc(NC(=O)NC3CCCCC3)cc2C)n1. The van der Waals surface area contributed by atoms with Gasteiger partial charge in [0, 0.05) is 34.5 Å². The van der Waals surface area contributed by atoms with E-state index in [1.807, 2.05) is 56.3 Å². The van der Waals surface area contributed by atoms with Gasteiger partial charge in [-0.2, -0.15) is 5.10 Å². The monoisotopic (exact) mass is 503 g/mol. The molecule has 10 heteroatoms.